The zero-order valence-electron chi connectivity index (χ0n) is 5.40. The molecule has 2 heterocycles. The Labute approximate surface area is 63.0 Å². The summed E-state index contributed by atoms with van der Waals surface area (Å²) in [5, 5.41) is 0.722. The largest absolute Gasteiger partial charge is 0.381 e. The van der Waals surface area contributed by atoms with Gasteiger partial charge in [0.05, 0.1) is 5.69 Å². The molecule has 2 aromatic rings. The zero-order chi connectivity index (χ0) is 7.14. The van der Waals surface area contributed by atoms with Gasteiger partial charge in [-0.1, -0.05) is 0 Å². The molecule has 4 heteroatoms. The van der Waals surface area contributed by atoms with Crippen LogP contribution in [0.2, 0.25) is 0 Å². The van der Waals surface area contributed by atoms with E-state index in [0.717, 1.165) is 16.4 Å². The molecule has 0 radical (unpaired) electrons. The van der Waals surface area contributed by atoms with Crippen LogP contribution in [0.25, 0.3) is 5.65 Å². The van der Waals surface area contributed by atoms with Crippen LogP contribution in [0.4, 0.5) is 0 Å². The summed E-state index contributed by atoms with van der Waals surface area (Å²) in [7, 11) is 0. The molecule has 0 aliphatic carbocycles. The SMILES string of the molecule is Cc1c(S)nc2ccon12. The lowest BCUT2D eigenvalue weighted by atomic mass is 10.6. The van der Waals surface area contributed by atoms with Crippen molar-refractivity contribution in [1.29, 1.82) is 0 Å². The molecule has 0 aliphatic rings. The summed E-state index contributed by atoms with van der Waals surface area (Å²) >= 11 is 4.13. The van der Waals surface area contributed by atoms with Crippen molar-refractivity contribution in [3.8, 4) is 0 Å². The molecule has 3 nitrogen and oxygen atoms in total. The highest BCUT2D eigenvalue weighted by Crippen LogP contribution is 2.14. The molecule has 10 heavy (non-hydrogen) atoms. The fourth-order valence-corrected chi connectivity index (χ4v) is 1.08. The summed E-state index contributed by atoms with van der Waals surface area (Å²) in [5.74, 6) is 0. The minimum Gasteiger partial charge on any atom is -0.381 e. The molecule has 52 valence electrons. The maximum Gasteiger partial charge on any atom is 0.173 e. The molecule has 0 spiro atoms. The Kier molecular flexibility index (Phi) is 1.05. The molecule has 0 atom stereocenters. The second kappa shape index (κ2) is 1.79. The van der Waals surface area contributed by atoms with Crippen molar-refractivity contribution in [2.75, 3.05) is 0 Å². The predicted octanol–water partition coefficient (Wildman–Crippen LogP) is 1.52. The number of hydrogen-bond donors (Lipinski definition) is 1. The van der Waals surface area contributed by atoms with Gasteiger partial charge in [0.2, 0.25) is 0 Å². The molecule has 0 unspecified atom stereocenters. The van der Waals surface area contributed by atoms with Crippen LogP contribution in [-0.2, 0) is 0 Å². The first-order chi connectivity index (χ1) is 4.79. The van der Waals surface area contributed by atoms with E-state index in [0.29, 0.717) is 0 Å². The molecule has 0 amide bonds. The number of fused-ring (bicyclic) bond motifs is 1. The molecule has 0 aliphatic heterocycles. The second-order valence-electron chi connectivity index (χ2n) is 2.08. The van der Waals surface area contributed by atoms with Crippen LogP contribution in [0.5, 0.6) is 0 Å². The van der Waals surface area contributed by atoms with E-state index in [4.69, 9.17) is 4.52 Å². The van der Waals surface area contributed by atoms with Gasteiger partial charge in [-0.15, -0.1) is 12.6 Å². The van der Waals surface area contributed by atoms with Gasteiger partial charge in [-0.2, -0.15) is 4.57 Å². The lowest BCUT2D eigenvalue weighted by Gasteiger charge is -1.84. The second-order valence-corrected chi connectivity index (χ2v) is 2.51. The van der Waals surface area contributed by atoms with E-state index in [2.05, 4.69) is 17.6 Å². The van der Waals surface area contributed by atoms with Crippen molar-refractivity contribution >= 4 is 18.3 Å². The van der Waals surface area contributed by atoms with E-state index in [1.807, 2.05) is 6.92 Å². The lowest BCUT2D eigenvalue weighted by molar-refractivity contribution is 0.368. The molecular weight excluding hydrogens is 148 g/mol. The lowest BCUT2D eigenvalue weighted by Crippen LogP contribution is -1.78. The summed E-state index contributed by atoms with van der Waals surface area (Å²) in [6.07, 6.45) is 1.60. The first-order valence-corrected chi connectivity index (χ1v) is 3.36. The molecule has 0 aromatic carbocycles. The molecule has 2 aromatic heterocycles. The van der Waals surface area contributed by atoms with Crippen LogP contribution in [0, 0.1) is 6.92 Å². The van der Waals surface area contributed by atoms with Gasteiger partial charge >= 0.3 is 0 Å². The van der Waals surface area contributed by atoms with E-state index in [9.17, 15) is 0 Å². The highest BCUT2D eigenvalue weighted by atomic mass is 32.1. The molecular formula is C6H6N2OS. The number of hydrogen-bond acceptors (Lipinski definition) is 3. The number of imidazole rings is 1. The van der Waals surface area contributed by atoms with Gasteiger partial charge in [-0.3, -0.25) is 0 Å². The van der Waals surface area contributed by atoms with Gasteiger partial charge in [-0.25, -0.2) is 4.98 Å². The van der Waals surface area contributed by atoms with Gasteiger partial charge in [0.1, 0.15) is 11.3 Å². The van der Waals surface area contributed by atoms with Crippen LogP contribution in [-0.4, -0.2) is 9.56 Å². The van der Waals surface area contributed by atoms with Crippen LogP contribution in [0.15, 0.2) is 21.9 Å². The van der Waals surface area contributed by atoms with Crippen molar-refractivity contribution in [3.05, 3.63) is 18.0 Å². The van der Waals surface area contributed by atoms with Gasteiger partial charge < -0.3 is 4.52 Å². The van der Waals surface area contributed by atoms with Crippen molar-refractivity contribution in [2.45, 2.75) is 11.9 Å². The Balaban J connectivity index is 2.95. The minimum absolute atomic E-state index is 0.722. The number of aromatic nitrogens is 2. The third-order valence-corrected chi connectivity index (χ3v) is 1.86. The topological polar surface area (TPSA) is 30.4 Å². The fourth-order valence-electron chi connectivity index (χ4n) is 0.888. The standard InChI is InChI=1S/C6H6N2OS/c1-4-6(10)7-5-2-3-9-8(4)5/h2-3,10H,1H3. The van der Waals surface area contributed by atoms with Crippen molar-refractivity contribution in [3.63, 3.8) is 0 Å². The van der Waals surface area contributed by atoms with Crippen LogP contribution in [0.3, 0.4) is 0 Å². The van der Waals surface area contributed by atoms with Gasteiger partial charge in [0, 0.05) is 6.07 Å². The Bertz CT molecular complexity index is 363. The van der Waals surface area contributed by atoms with E-state index in [1.54, 1.807) is 16.9 Å². The van der Waals surface area contributed by atoms with E-state index < -0.39 is 0 Å². The maximum atomic E-state index is 5.07. The number of rotatable bonds is 0. The van der Waals surface area contributed by atoms with Gasteiger partial charge in [-0.05, 0) is 6.92 Å². The third kappa shape index (κ3) is 0.593. The molecule has 0 saturated carbocycles. The first kappa shape index (κ1) is 5.85. The molecule has 0 fully saturated rings. The third-order valence-electron chi connectivity index (χ3n) is 1.44. The van der Waals surface area contributed by atoms with Gasteiger partial charge in [0.25, 0.3) is 0 Å². The number of nitrogens with zero attached hydrogens (tertiary/aromatic N) is 2. The quantitative estimate of drug-likeness (QED) is 0.583. The summed E-state index contributed by atoms with van der Waals surface area (Å²) < 4.78 is 6.72. The molecule has 2 rings (SSSR count). The Hall–Kier alpha value is -0.900. The summed E-state index contributed by atoms with van der Waals surface area (Å²) in [4.78, 5) is 4.11. The fraction of sp³-hybridized carbons (Fsp3) is 0.167. The van der Waals surface area contributed by atoms with E-state index in [-0.39, 0.29) is 0 Å². The molecule has 0 saturated heterocycles. The van der Waals surface area contributed by atoms with Crippen LogP contribution >= 0.6 is 12.6 Å². The van der Waals surface area contributed by atoms with Gasteiger partial charge in [0.15, 0.2) is 5.65 Å². The average Bonchev–Trinajstić information content (AvgIpc) is 2.41. The smallest absolute Gasteiger partial charge is 0.173 e. The highest BCUT2D eigenvalue weighted by Gasteiger charge is 2.04. The first-order valence-electron chi connectivity index (χ1n) is 2.91. The monoisotopic (exact) mass is 154 g/mol. The number of thiol groups is 1. The normalized spacial score (nSPS) is 11.0. The molecule has 0 bridgehead atoms. The Morgan fingerprint density at radius 1 is 1.70 bits per heavy atom. The molecule has 0 N–H and O–H groups in total. The predicted molar refractivity (Wildman–Crippen MR) is 39.4 cm³/mol. The van der Waals surface area contributed by atoms with E-state index in [1.165, 1.54) is 0 Å². The summed E-state index contributed by atoms with van der Waals surface area (Å²) in [5.41, 5.74) is 1.74. The van der Waals surface area contributed by atoms with Crippen molar-refractivity contribution in [1.82, 2.24) is 9.56 Å². The van der Waals surface area contributed by atoms with Crippen LogP contribution < -0.4 is 0 Å². The van der Waals surface area contributed by atoms with E-state index >= 15 is 0 Å². The number of aryl methyl sites for hydroxylation is 1. The maximum absolute atomic E-state index is 5.07. The highest BCUT2D eigenvalue weighted by molar-refractivity contribution is 7.80. The Morgan fingerprint density at radius 2 is 2.50 bits per heavy atom. The van der Waals surface area contributed by atoms with Crippen molar-refractivity contribution < 1.29 is 4.52 Å². The summed E-state index contributed by atoms with van der Waals surface area (Å²) in [6.45, 7) is 1.91. The summed E-state index contributed by atoms with van der Waals surface area (Å²) in [6, 6.07) is 1.80. The van der Waals surface area contributed by atoms with Crippen molar-refractivity contribution in [2.24, 2.45) is 0 Å². The minimum atomic E-state index is 0.722. The zero-order valence-corrected chi connectivity index (χ0v) is 6.30. The average molecular weight is 154 g/mol. The van der Waals surface area contributed by atoms with Crippen LogP contribution in [0.1, 0.15) is 5.69 Å². The Morgan fingerprint density at radius 3 is 3.20 bits per heavy atom.